The number of fused-ring (bicyclic) bond motifs is 1. The van der Waals surface area contributed by atoms with E-state index in [4.69, 9.17) is 32.7 Å². The van der Waals surface area contributed by atoms with E-state index in [-0.39, 0.29) is 24.5 Å². The van der Waals surface area contributed by atoms with Crippen LogP contribution in [0, 0.1) is 5.92 Å². The van der Waals surface area contributed by atoms with Crippen molar-refractivity contribution in [2.24, 2.45) is 5.92 Å². The van der Waals surface area contributed by atoms with Crippen LogP contribution in [0.25, 0.3) is 0 Å². The van der Waals surface area contributed by atoms with Crippen LogP contribution in [0.4, 0.5) is 5.69 Å². The first-order valence-corrected chi connectivity index (χ1v) is 5.99. The third-order valence-electron chi connectivity index (χ3n) is 2.40. The first-order chi connectivity index (χ1) is 8.11. The summed E-state index contributed by atoms with van der Waals surface area (Å²) in [6.07, 6.45) is 0. The molecule has 1 aliphatic rings. The predicted molar refractivity (Wildman–Crippen MR) is 66.1 cm³/mol. The lowest BCUT2D eigenvalue weighted by molar-refractivity contribution is -0.118. The highest BCUT2D eigenvalue weighted by Gasteiger charge is 2.19. The summed E-state index contributed by atoms with van der Waals surface area (Å²) in [4.78, 5) is 11.7. The molecule has 0 bridgehead atoms. The third kappa shape index (κ3) is 2.58. The Morgan fingerprint density at radius 2 is 2.12 bits per heavy atom. The molecule has 2 rings (SSSR count). The molecule has 0 spiro atoms. The number of carbonyl (C=O) groups is 1. The second-order valence-electron chi connectivity index (χ2n) is 3.73. The number of amides is 1. The van der Waals surface area contributed by atoms with Crippen molar-refractivity contribution in [3.05, 3.63) is 17.2 Å². The molecule has 1 atom stereocenters. The first-order valence-electron chi connectivity index (χ1n) is 5.07. The maximum atomic E-state index is 11.7. The summed E-state index contributed by atoms with van der Waals surface area (Å²) < 4.78 is 10.4. The molecule has 1 N–H and O–H groups in total. The molecule has 92 valence electrons. The van der Waals surface area contributed by atoms with Gasteiger partial charge in [0.1, 0.15) is 0 Å². The van der Waals surface area contributed by atoms with Crippen molar-refractivity contribution in [3.8, 4) is 11.5 Å². The van der Waals surface area contributed by atoms with Crippen LogP contribution in [0.2, 0.25) is 5.02 Å². The fourth-order valence-electron chi connectivity index (χ4n) is 1.34. The van der Waals surface area contributed by atoms with Gasteiger partial charge in [0.25, 0.3) is 0 Å². The number of ether oxygens (including phenoxy) is 2. The molecular weight excluding hydrogens is 265 g/mol. The SMILES string of the molecule is CC(CCl)C(=O)Nc1cc2c(cc1Cl)OCO2. The molecule has 0 fully saturated rings. The molecule has 6 heteroatoms. The summed E-state index contributed by atoms with van der Waals surface area (Å²) in [7, 11) is 0. The van der Waals surface area contributed by atoms with Gasteiger partial charge in [0, 0.05) is 23.9 Å². The highest BCUT2D eigenvalue weighted by atomic mass is 35.5. The molecule has 1 unspecified atom stereocenters. The fraction of sp³-hybridized carbons (Fsp3) is 0.364. The standard InChI is InChI=1S/C11H11Cl2NO3/c1-6(4-12)11(15)14-8-3-10-9(2-7(8)13)16-5-17-10/h2-3,6H,4-5H2,1H3,(H,14,15). The Bertz CT molecular complexity index is 451. The quantitative estimate of drug-likeness (QED) is 0.863. The van der Waals surface area contributed by atoms with E-state index in [0.29, 0.717) is 22.2 Å². The molecule has 0 aliphatic carbocycles. The van der Waals surface area contributed by atoms with Crippen molar-refractivity contribution < 1.29 is 14.3 Å². The average Bonchev–Trinajstić information content (AvgIpc) is 2.75. The molecule has 0 saturated heterocycles. The van der Waals surface area contributed by atoms with Crippen molar-refractivity contribution in [1.82, 2.24) is 0 Å². The zero-order chi connectivity index (χ0) is 12.4. The minimum absolute atomic E-state index is 0.168. The number of nitrogens with one attached hydrogen (secondary N) is 1. The van der Waals surface area contributed by atoms with Crippen molar-refractivity contribution in [2.75, 3.05) is 18.0 Å². The third-order valence-corrected chi connectivity index (χ3v) is 3.17. The number of benzene rings is 1. The van der Waals surface area contributed by atoms with Gasteiger partial charge in [-0.05, 0) is 0 Å². The predicted octanol–water partition coefficient (Wildman–Crippen LogP) is 2.88. The Kier molecular flexibility index (Phi) is 3.64. The minimum Gasteiger partial charge on any atom is -0.454 e. The highest BCUT2D eigenvalue weighted by Crippen LogP contribution is 2.39. The van der Waals surface area contributed by atoms with Crippen molar-refractivity contribution >= 4 is 34.8 Å². The molecule has 1 aliphatic heterocycles. The van der Waals surface area contributed by atoms with E-state index in [2.05, 4.69) is 5.32 Å². The molecule has 0 saturated carbocycles. The fourth-order valence-corrected chi connectivity index (χ4v) is 1.68. The van der Waals surface area contributed by atoms with Gasteiger partial charge in [0.05, 0.1) is 10.7 Å². The monoisotopic (exact) mass is 275 g/mol. The number of hydrogen-bond acceptors (Lipinski definition) is 3. The van der Waals surface area contributed by atoms with Gasteiger partial charge in [-0.15, -0.1) is 11.6 Å². The molecule has 0 aromatic heterocycles. The lowest BCUT2D eigenvalue weighted by Gasteiger charge is -2.11. The first kappa shape index (κ1) is 12.3. The van der Waals surface area contributed by atoms with E-state index in [0.717, 1.165) is 0 Å². The Morgan fingerprint density at radius 1 is 1.47 bits per heavy atom. The van der Waals surface area contributed by atoms with Crippen LogP contribution in [-0.4, -0.2) is 18.6 Å². The van der Waals surface area contributed by atoms with Crippen LogP contribution in [0.3, 0.4) is 0 Å². The van der Waals surface area contributed by atoms with Crippen LogP contribution in [-0.2, 0) is 4.79 Å². The number of alkyl halides is 1. The van der Waals surface area contributed by atoms with E-state index in [9.17, 15) is 4.79 Å². The summed E-state index contributed by atoms with van der Waals surface area (Å²) in [5.41, 5.74) is 0.498. The Labute approximate surface area is 109 Å². The van der Waals surface area contributed by atoms with Crippen LogP contribution in [0.1, 0.15) is 6.92 Å². The topological polar surface area (TPSA) is 47.6 Å². The number of anilines is 1. The average molecular weight is 276 g/mol. The summed E-state index contributed by atoms with van der Waals surface area (Å²) in [5, 5.41) is 3.11. The van der Waals surface area contributed by atoms with E-state index in [1.54, 1.807) is 19.1 Å². The molecular formula is C11H11Cl2NO3. The smallest absolute Gasteiger partial charge is 0.231 e. The molecule has 1 aromatic rings. The Morgan fingerprint density at radius 3 is 2.76 bits per heavy atom. The highest BCUT2D eigenvalue weighted by molar-refractivity contribution is 6.34. The van der Waals surface area contributed by atoms with Crippen LogP contribution < -0.4 is 14.8 Å². The summed E-state index contributed by atoms with van der Waals surface area (Å²) in [6, 6.07) is 3.26. The van der Waals surface area contributed by atoms with Gasteiger partial charge >= 0.3 is 0 Å². The number of halogens is 2. The van der Waals surface area contributed by atoms with Gasteiger partial charge in [0.15, 0.2) is 11.5 Å². The maximum absolute atomic E-state index is 11.7. The van der Waals surface area contributed by atoms with Gasteiger partial charge < -0.3 is 14.8 Å². The maximum Gasteiger partial charge on any atom is 0.231 e. The normalized spacial score (nSPS) is 14.5. The van der Waals surface area contributed by atoms with Gasteiger partial charge in [-0.2, -0.15) is 0 Å². The van der Waals surface area contributed by atoms with Gasteiger partial charge in [0.2, 0.25) is 12.7 Å². The number of carbonyl (C=O) groups excluding carboxylic acids is 1. The van der Waals surface area contributed by atoms with Crippen LogP contribution >= 0.6 is 23.2 Å². The second-order valence-corrected chi connectivity index (χ2v) is 4.45. The van der Waals surface area contributed by atoms with Crippen molar-refractivity contribution in [1.29, 1.82) is 0 Å². The zero-order valence-electron chi connectivity index (χ0n) is 9.13. The second kappa shape index (κ2) is 5.02. The van der Waals surface area contributed by atoms with Crippen molar-refractivity contribution in [2.45, 2.75) is 6.92 Å². The van der Waals surface area contributed by atoms with E-state index in [1.807, 2.05) is 0 Å². The lowest BCUT2D eigenvalue weighted by Crippen LogP contribution is -2.21. The molecule has 17 heavy (non-hydrogen) atoms. The molecule has 4 nitrogen and oxygen atoms in total. The lowest BCUT2D eigenvalue weighted by atomic mass is 10.2. The summed E-state index contributed by atoms with van der Waals surface area (Å²) >= 11 is 11.6. The van der Waals surface area contributed by atoms with E-state index < -0.39 is 0 Å². The zero-order valence-corrected chi connectivity index (χ0v) is 10.6. The minimum atomic E-state index is -0.279. The van der Waals surface area contributed by atoms with Gasteiger partial charge in [-0.3, -0.25) is 4.79 Å². The number of rotatable bonds is 3. The Hall–Kier alpha value is -1.13. The van der Waals surface area contributed by atoms with E-state index >= 15 is 0 Å². The van der Waals surface area contributed by atoms with Gasteiger partial charge in [-0.25, -0.2) is 0 Å². The Balaban J connectivity index is 2.19. The molecule has 1 heterocycles. The largest absolute Gasteiger partial charge is 0.454 e. The summed E-state index contributed by atoms with van der Waals surface area (Å²) in [6.45, 7) is 1.91. The molecule has 1 amide bonds. The summed E-state index contributed by atoms with van der Waals surface area (Å²) in [5.74, 6) is 0.953. The number of hydrogen-bond donors (Lipinski definition) is 1. The van der Waals surface area contributed by atoms with Gasteiger partial charge in [-0.1, -0.05) is 18.5 Å². The van der Waals surface area contributed by atoms with Crippen LogP contribution in [0.5, 0.6) is 11.5 Å². The van der Waals surface area contributed by atoms with E-state index in [1.165, 1.54) is 0 Å². The molecule has 1 aromatic carbocycles. The van der Waals surface area contributed by atoms with Crippen molar-refractivity contribution in [3.63, 3.8) is 0 Å². The van der Waals surface area contributed by atoms with Crippen LogP contribution in [0.15, 0.2) is 12.1 Å². The molecule has 0 radical (unpaired) electrons.